The van der Waals surface area contributed by atoms with Crippen LogP contribution in [-0.4, -0.2) is 31.4 Å². The summed E-state index contributed by atoms with van der Waals surface area (Å²) < 4.78 is 64.7. The van der Waals surface area contributed by atoms with Crippen molar-refractivity contribution < 1.29 is 21.6 Å². The number of pyridine rings is 1. The van der Waals surface area contributed by atoms with Crippen molar-refractivity contribution in [1.82, 2.24) is 8.87 Å². The summed E-state index contributed by atoms with van der Waals surface area (Å²) in [6.45, 7) is -0.251. The van der Waals surface area contributed by atoms with Crippen molar-refractivity contribution in [3.8, 4) is 0 Å². The number of sulfonamides is 1. The number of hydrogen-bond donors (Lipinski definition) is 0. The van der Waals surface area contributed by atoms with E-state index in [-0.39, 0.29) is 11.4 Å². The van der Waals surface area contributed by atoms with Crippen molar-refractivity contribution in [2.75, 3.05) is 14.1 Å². The molecule has 0 aliphatic heterocycles. The lowest BCUT2D eigenvalue weighted by Crippen LogP contribution is -2.24. The van der Waals surface area contributed by atoms with Crippen molar-refractivity contribution in [3.63, 3.8) is 0 Å². The van der Waals surface area contributed by atoms with Gasteiger partial charge in [-0.3, -0.25) is 4.79 Å². The molecule has 0 atom stereocenters. The van der Waals surface area contributed by atoms with Gasteiger partial charge in [-0.15, -0.1) is 0 Å². The smallest absolute Gasteiger partial charge is 0.309 e. The van der Waals surface area contributed by atoms with Crippen LogP contribution < -0.4 is 5.56 Å². The van der Waals surface area contributed by atoms with Crippen LogP contribution in [0.15, 0.2) is 46.2 Å². The molecule has 0 aliphatic rings. The maximum atomic E-state index is 12.9. The van der Waals surface area contributed by atoms with E-state index in [1.165, 1.54) is 38.4 Å². The molecule has 0 aliphatic carbocycles. The Morgan fingerprint density at radius 3 is 2.40 bits per heavy atom. The molecule has 0 radical (unpaired) electrons. The summed E-state index contributed by atoms with van der Waals surface area (Å²) in [5, 5.41) is -0.563. The SMILES string of the molecule is CN(C)S(=O)(=O)c1cccc(Cn2cc(C(F)(F)F)cc(Cl)c2=O)c1. The zero-order valence-corrected chi connectivity index (χ0v) is 14.8. The number of hydrogen-bond acceptors (Lipinski definition) is 3. The van der Waals surface area contributed by atoms with Gasteiger partial charge in [0.2, 0.25) is 10.0 Å². The van der Waals surface area contributed by atoms with Gasteiger partial charge in [0.25, 0.3) is 5.56 Å². The van der Waals surface area contributed by atoms with Gasteiger partial charge in [-0.2, -0.15) is 13.2 Å². The van der Waals surface area contributed by atoms with Crippen LogP contribution >= 0.6 is 11.6 Å². The zero-order chi connectivity index (χ0) is 19.0. The molecule has 0 spiro atoms. The van der Waals surface area contributed by atoms with E-state index in [1.807, 2.05) is 0 Å². The van der Waals surface area contributed by atoms with Gasteiger partial charge in [-0.25, -0.2) is 12.7 Å². The van der Waals surface area contributed by atoms with Crippen LogP contribution in [0.2, 0.25) is 5.02 Å². The number of aromatic nitrogens is 1. The highest BCUT2D eigenvalue weighted by atomic mass is 35.5. The van der Waals surface area contributed by atoms with Gasteiger partial charge in [0.15, 0.2) is 0 Å². The molecule has 10 heteroatoms. The summed E-state index contributed by atoms with van der Waals surface area (Å²) in [6.07, 6.45) is -4.00. The minimum absolute atomic E-state index is 0.0267. The van der Waals surface area contributed by atoms with Crippen molar-refractivity contribution in [1.29, 1.82) is 0 Å². The molecule has 0 bridgehead atoms. The lowest BCUT2D eigenvalue weighted by molar-refractivity contribution is -0.138. The Morgan fingerprint density at radius 1 is 1.20 bits per heavy atom. The molecular formula is C15H14ClF3N2O3S. The molecule has 0 saturated carbocycles. The quantitative estimate of drug-likeness (QED) is 0.801. The number of alkyl halides is 3. The topological polar surface area (TPSA) is 59.4 Å². The van der Waals surface area contributed by atoms with Gasteiger partial charge in [-0.1, -0.05) is 23.7 Å². The van der Waals surface area contributed by atoms with Gasteiger partial charge in [0.1, 0.15) is 5.02 Å². The van der Waals surface area contributed by atoms with E-state index in [9.17, 15) is 26.4 Å². The van der Waals surface area contributed by atoms with Crippen LogP contribution in [-0.2, 0) is 22.7 Å². The summed E-state index contributed by atoms with van der Waals surface area (Å²) in [6, 6.07) is 6.19. The second-order valence-corrected chi connectivity index (χ2v) is 8.00. The summed E-state index contributed by atoms with van der Waals surface area (Å²) in [4.78, 5) is 12.0. The minimum Gasteiger partial charge on any atom is -0.309 e. The first kappa shape index (κ1) is 19.5. The first-order valence-electron chi connectivity index (χ1n) is 6.91. The Morgan fingerprint density at radius 2 is 1.84 bits per heavy atom. The number of nitrogens with zero attached hydrogens (tertiary/aromatic N) is 2. The van der Waals surface area contributed by atoms with Gasteiger partial charge in [0.05, 0.1) is 17.0 Å². The molecule has 0 fully saturated rings. The van der Waals surface area contributed by atoms with Crippen LogP contribution in [0.4, 0.5) is 13.2 Å². The van der Waals surface area contributed by atoms with Crippen LogP contribution in [0.5, 0.6) is 0 Å². The third-order valence-corrected chi connectivity index (χ3v) is 5.48. The van der Waals surface area contributed by atoms with Crippen molar-refractivity contribution in [2.45, 2.75) is 17.6 Å². The molecule has 0 unspecified atom stereocenters. The monoisotopic (exact) mass is 394 g/mol. The van der Waals surface area contributed by atoms with E-state index in [0.717, 1.165) is 8.87 Å². The van der Waals surface area contributed by atoms with Gasteiger partial charge in [0, 0.05) is 20.3 Å². The standard InChI is InChI=1S/C15H14ClF3N2O3S/c1-20(2)25(23,24)12-5-3-4-10(6-12)8-21-9-11(15(17,18)19)7-13(16)14(21)22/h3-7,9H,8H2,1-2H3. The molecule has 1 aromatic carbocycles. The fourth-order valence-corrected chi connectivity index (χ4v) is 3.28. The highest BCUT2D eigenvalue weighted by Crippen LogP contribution is 2.29. The summed E-state index contributed by atoms with van der Waals surface area (Å²) in [7, 11) is -0.981. The van der Waals surface area contributed by atoms with E-state index >= 15 is 0 Å². The number of rotatable bonds is 4. The minimum atomic E-state index is -4.66. The van der Waals surface area contributed by atoms with Crippen LogP contribution in [0.1, 0.15) is 11.1 Å². The summed E-state index contributed by atoms with van der Waals surface area (Å²) in [5.41, 5.74) is -1.51. The Balaban J connectivity index is 2.48. The van der Waals surface area contributed by atoms with E-state index in [2.05, 4.69) is 0 Å². The van der Waals surface area contributed by atoms with Gasteiger partial charge in [-0.05, 0) is 23.8 Å². The Kier molecular flexibility index (Phi) is 5.31. The largest absolute Gasteiger partial charge is 0.417 e. The van der Waals surface area contributed by atoms with Crippen LogP contribution in [0.3, 0.4) is 0 Å². The van der Waals surface area contributed by atoms with Gasteiger partial charge < -0.3 is 4.57 Å². The molecular weight excluding hydrogens is 381 g/mol. The predicted molar refractivity (Wildman–Crippen MR) is 87.1 cm³/mol. The van der Waals surface area contributed by atoms with E-state index in [4.69, 9.17) is 11.6 Å². The predicted octanol–water partition coefficient (Wildman–Crippen LogP) is 2.82. The molecule has 136 valence electrons. The number of halogens is 4. The molecule has 25 heavy (non-hydrogen) atoms. The maximum absolute atomic E-state index is 12.9. The molecule has 1 heterocycles. The number of benzene rings is 1. The summed E-state index contributed by atoms with van der Waals surface area (Å²) in [5.74, 6) is 0. The highest BCUT2D eigenvalue weighted by Gasteiger charge is 2.32. The van der Waals surface area contributed by atoms with E-state index in [0.29, 0.717) is 17.8 Å². The second-order valence-electron chi connectivity index (χ2n) is 5.44. The van der Waals surface area contributed by atoms with Crippen molar-refractivity contribution in [2.24, 2.45) is 0 Å². The third-order valence-electron chi connectivity index (χ3n) is 3.40. The average Bonchev–Trinajstić information content (AvgIpc) is 2.50. The molecule has 0 N–H and O–H groups in total. The van der Waals surface area contributed by atoms with Crippen LogP contribution in [0.25, 0.3) is 0 Å². The van der Waals surface area contributed by atoms with Gasteiger partial charge >= 0.3 is 6.18 Å². The maximum Gasteiger partial charge on any atom is 0.417 e. The Hall–Kier alpha value is -1.84. The van der Waals surface area contributed by atoms with E-state index in [1.54, 1.807) is 0 Å². The molecule has 2 rings (SSSR count). The molecule has 0 saturated heterocycles. The lowest BCUT2D eigenvalue weighted by Gasteiger charge is -2.14. The first-order chi connectivity index (χ1) is 11.4. The van der Waals surface area contributed by atoms with Crippen molar-refractivity contribution in [3.05, 3.63) is 63.0 Å². The highest BCUT2D eigenvalue weighted by molar-refractivity contribution is 7.89. The summed E-state index contributed by atoms with van der Waals surface area (Å²) >= 11 is 5.60. The molecule has 1 aromatic heterocycles. The Bertz CT molecular complexity index is 953. The van der Waals surface area contributed by atoms with Crippen LogP contribution in [0, 0.1) is 0 Å². The Labute approximate surface area is 147 Å². The molecule has 0 amide bonds. The normalized spacial score (nSPS) is 12.6. The van der Waals surface area contributed by atoms with E-state index < -0.39 is 32.3 Å². The zero-order valence-electron chi connectivity index (χ0n) is 13.2. The average molecular weight is 395 g/mol. The fraction of sp³-hybridized carbons (Fsp3) is 0.267. The first-order valence-corrected chi connectivity index (χ1v) is 8.73. The fourth-order valence-electron chi connectivity index (χ4n) is 2.08. The molecule has 2 aromatic rings. The second kappa shape index (κ2) is 6.81. The van der Waals surface area contributed by atoms with Crippen molar-refractivity contribution >= 4 is 21.6 Å². The third kappa shape index (κ3) is 4.23. The molecule has 5 nitrogen and oxygen atoms in total. The lowest BCUT2D eigenvalue weighted by atomic mass is 10.2.